The SMILES string of the molecule is O=C(NS(=O)(=O)C1CC1)c1ccccc1-c1ccc2c(c1)OC[C@@H](Cc1ccc(-c3cncs3)cn1)[C@@H]2O. The molecule has 1 aliphatic heterocycles. The first-order valence-electron chi connectivity index (χ1n) is 12.3. The molecule has 4 aromatic rings. The van der Waals surface area contributed by atoms with Gasteiger partial charge in [0.2, 0.25) is 10.0 Å². The van der Waals surface area contributed by atoms with Gasteiger partial charge in [0, 0.05) is 40.7 Å². The van der Waals surface area contributed by atoms with Crippen LogP contribution in [0.1, 0.15) is 40.6 Å². The Morgan fingerprint density at radius 3 is 2.63 bits per heavy atom. The van der Waals surface area contributed by atoms with Gasteiger partial charge >= 0.3 is 0 Å². The summed E-state index contributed by atoms with van der Waals surface area (Å²) < 4.78 is 32.9. The number of hydrogen-bond acceptors (Lipinski definition) is 8. The number of thiazole rings is 1. The molecule has 0 radical (unpaired) electrons. The van der Waals surface area contributed by atoms with Crippen LogP contribution in [0.15, 0.2) is 72.5 Å². The van der Waals surface area contributed by atoms with Crippen molar-refractivity contribution in [2.24, 2.45) is 5.92 Å². The van der Waals surface area contributed by atoms with E-state index in [4.69, 9.17) is 4.74 Å². The molecule has 1 amide bonds. The minimum atomic E-state index is -3.67. The van der Waals surface area contributed by atoms with Gasteiger partial charge in [-0.05, 0) is 48.6 Å². The second-order valence-electron chi connectivity index (χ2n) is 9.60. The third-order valence-corrected chi connectivity index (χ3v) is 9.57. The number of amides is 1. The Labute approximate surface area is 224 Å². The van der Waals surface area contributed by atoms with E-state index in [1.54, 1.807) is 53.2 Å². The standard InChI is InChI=1S/C28H25N3O5S2/c32-27-19(11-20-7-5-18(13-30-20)26-14-29-16-37-26)15-36-25-12-17(6-10-24(25)27)22-3-1-2-4-23(22)28(33)31-38(34,35)21-8-9-21/h1-7,10,12-14,16,19,21,27,32H,8-9,11,15H2,(H,31,33)/t19-,27+/m1/s1. The highest BCUT2D eigenvalue weighted by molar-refractivity contribution is 7.91. The molecule has 10 heteroatoms. The minimum Gasteiger partial charge on any atom is -0.493 e. The van der Waals surface area contributed by atoms with Gasteiger partial charge in [-0.25, -0.2) is 13.1 Å². The zero-order chi connectivity index (χ0) is 26.3. The van der Waals surface area contributed by atoms with Crippen LogP contribution in [0, 0.1) is 5.92 Å². The van der Waals surface area contributed by atoms with Gasteiger partial charge in [-0.15, -0.1) is 11.3 Å². The second kappa shape index (κ2) is 9.94. The van der Waals surface area contributed by atoms with Crippen molar-refractivity contribution in [2.45, 2.75) is 30.6 Å². The number of rotatable bonds is 7. The number of benzene rings is 2. The molecule has 1 saturated carbocycles. The summed E-state index contributed by atoms with van der Waals surface area (Å²) in [4.78, 5) is 22.6. The van der Waals surface area contributed by atoms with Crippen LogP contribution in [0.2, 0.25) is 0 Å². The van der Waals surface area contributed by atoms with Crippen molar-refractivity contribution in [3.8, 4) is 27.3 Å². The average molecular weight is 548 g/mol. The lowest BCUT2D eigenvalue weighted by Crippen LogP contribution is -2.33. The first-order chi connectivity index (χ1) is 18.4. The van der Waals surface area contributed by atoms with Gasteiger partial charge in [0.05, 0.1) is 28.3 Å². The Morgan fingerprint density at radius 1 is 1.08 bits per heavy atom. The molecule has 0 unspecified atom stereocenters. The Kier molecular flexibility index (Phi) is 6.46. The predicted molar refractivity (Wildman–Crippen MR) is 144 cm³/mol. The number of aromatic nitrogens is 2. The quantitative estimate of drug-likeness (QED) is 0.353. The van der Waals surface area contributed by atoms with Crippen molar-refractivity contribution in [1.82, 2.24) is 14.7 Å². The molecular formula is C28H25N3O5S2. The maximum Gasteiger partial charge on any atom is 0.265 e. The van der Waals surface area contributed by atoms with E-state index in [9.17, 15) is 18.3 Å². The molecule has 2 aliphatic rings. The van der Waals surface area contributed by atoms with Crippen molar-refractivity contribution < 1.29 is 23.1 Å². The number of aliphatic hydroxyl groups is 1. The van der Waals surface area contributed by atoms with Gasteiger partial charge in [-0.3, -0.25) is 14.8 Å². The Balaban J connectivity index is 1.20. The summed E-state index contributed by atoms with van der Waals surface area (Å²) in [6.07, 6.45) is 4.60. The number of ether oxygens (including phenoxy) is 1. The molecule has 2 aromatic carbocycles. The molecule has 3 heterocycles. The second-order valence-corrected chi connectivity index (χ2v) is 12.4. The summed E-state index contributed by atoms with van der Waals surface area (Å²) >= 11 is 1.56. The first kappa shape index (κ1) is 24.7. The lowest BCUT2D eigenvalue weighted by atomic mass is 9.88. The van der Waals surface area contributed by atoms with Gasteiger partial charge < -0.3 is 9.84 Å². The average Bonchev–Trinajstić information content (AvgIpc) is 3.66. The lowest BCUT2D eigenvalue weighted by Gasteiger charge is -2.30. The summed E-state index contributed by atoms with van der Waals surface area (Å²) in [6.45, 7) is 0.317. The smallest absolute Gasteiger partial charge is 0.265 e. The number of nitrogens with zero attached hydrogens (tertiary/aromatic N) is 2. The van der Waals surface area contributed by atoms with Crippen LogP contribution in [0.5, 0.6) is 5.75 Å². The fourth-order valence-corrected chi connectivity index (χ4v) is 6.59. The molecule has 2 N–H and O–H groups in total. The maximum atomic E-state index is 12.9. The molecule has 8 nitrogen and oxygen atoms in total. The van der Waals surface area contributed by atoms with Gasteiger partial charge in [-0.1, -0.05) is 36.4 Å². The summed E-state index contributed by atoms with van der Waals surface area (Å²) in [5, 5.41) is 10.6. The molecule has 1 aliphatic carbocycles. The van der Waals surface area contributed by atoms with Crippen LogP contribution in [-0.2, 0) is 16.4 Å². The van der Waals surface area contributed by atoms with E-state index >= 15 is 0 Å². The van der Waals surface area contributed by atoms with Crippen LogP contribution in [0.3, 0.4) is 0 Å². The highest BCUT2D eigenvalue weighted by atomic mass is 32.2. The van der Waals surface area contributed by atoms with E-state index in [2.05, 4.69) is 14.7 Å². The molecule has 2 atom stereocenters. The van der Waals surface area contributed by atoms with Crippen LogP contribution in [-0.4, -0.2) is 41.3 Å². The summed E-state index contributed by atoms with van der Waals surface area (Å²) in [5.41, 5.74) is 5.88. The van der Waals surface area contributed by atoms with Gasteiger partial charge in [0.1, 0.15) is 5.75 Å². The molecular weight excluding hydrogens is 522 g/mol. The monoisotopic (exact) mass is 547 g/mol. The van der Waals surface area contributed by atoms with Gasteiger partial charge in [0.15, 0.2) is 0 Å². The van der Waals surface area contributed by atoms with E-state index < -0.39 is 27.3 Å². The summed E-state index contributed by atoms with van der Waals surface area (Å²) in [6, 6.07) is 16.2. The fraction of sp³-hybridized carbons (Fsp3) is 0.250. The molecule has 0 saturated heterocycles. The number of sulfonamides is 1. The molecule has 0 bridgehead atoms. The minimum absolute atomic E-state index is 0.166. The van der Waals surface area contributed by atoms with E-state index in [1.807, 2.05) is 30.6 Å². The Morgan fingerprint density at radius 2 is 1.89 bits per heavy atom. The molecule has 38 heavy (non-hydrogen) atoms. The fourth-order valence-electron chi connectivity index (χ4n) is 4.68. The summed E-state index contributed by atoms with van der Waals surface area (Å²) in [7, 11) is -3.67. The third kappa shape index (κ3) is 4.94. The van der Waals surface area contributed by atoms with Crippen LogP contribution in [0.4, 0.5) is 0 Å². The largest absolute Gasteiger partial charge is 0.493 e. The number of carbonyl (C=O) groups excluding carboxylic acids is 1. The topological polar surface area (TPSA) is 118 Å². The predicted octanol–water partition coefficient (Wildman–Crippen LogP) is 4.38. The van der Waals surface area contributed by atoms with E-state index in [0.29, 0.717) is 48.3 Å². The number of fused-ring (bicyclic) bond motifs is 1. The van der Waals surface area contributed by atoms with Crippen molar-refractivity contribution in [2.75, 3.05) is 6.61 Å². The molecule has 1 fully saturated rings. The number of nitrogens with one attached hydrogen (secondary N) is 1. The molecule has 0 spiro atoms. The number of aliphatic hydroxyl groups excluding tert-OH is 1. The number of hydrogen-bond donors (Lipinski definition) is 2. The van der Waals surface area contributed by atoms with Crippen molar-refractivity contribution >= 4 is 27.3 Å². The van der Waals surface area contributed by atoms with Crippen molar-refractivity contribution in [1.29, 1.82) is 0 Å². The normalized spacial score (nSPS) is 18.9. The third-order valence-electron chi connectivity index (χ3n) is 6.93. The maximum absolute atomic E-state index is 12.9. The lowest BCUT2D eigenvalue weighted by molar-refractivity contribution is 0.0503. The van der Waals surface area contributed by atoms with Crippen molar-refractivity contribution in [3.05, 3.63) is 89.3 Å². The highest BCUT2D eigenvalue weighted by Crippen LogP contribution is 2.40. The van der Waals surface area contributed by atoms with Gasteiger partial charge in [0.25, 0.3) is 5.91 Å². The summed E-state index contributed by atoms with van der Waals surface area (Å²) in [5.74, 6) is -0.276. The number of pyridine rings is 1. The Bertz CT molecular complexity index is 1580. The molecule has 6 rings (SSSR count). The van der Waals surface area contributed by atoms with Crippen molar-refractivity contribution in [3.63, 3.8) is 0 Å². The zero-order valence-corrected chi connectivity index (χ0v) is 21.9. The number of carbonyl (C=O) groups is 1. The zero-order valence-electron chi connectivity index (χ0n) is 20.3. The molecule has 2 aromatic heterocycles. The van der Waals surface area contributed by atoms with Gasteiger partial charge in [-0.2, -0.15) is 0 Å². The van der Waals surface area contributed by atoms with E-state index in [1.165, 1.54) is 0 Å². The first-order valence-corrected chi connectivity index (χ1v) is 14.8. The molecule has 194 valence electrons. The van der Waals surface area contributed by atoms with E-state index in [0.717, 1.165) is 16.1 Å². The van der Waals surface area contributed by atoms with Crippen LogP contribution >= 0.6 is 11.3 Å². The Hall–Kier alpha value is -3.60. The van der Waals surface area contributed by atoms with Crippen LogP contribution in [0.25, 0.3) is 21.6 Å². The van der Waals surface area contributed by atoms with Crippen LogP contribution < -0.4 is 9.46 Å². The highest BCUT2D eigenvalue weighted by Gasteiger charge is 2.37. The van der Waals surface area contributed by atoms with E-state index in [-0.39, 0.29) is 11.5 Å².